The largest absolute Gasteiger partial charge is 0.382 e. The summed E-state index contributed by atoms with van der Waals surface area (Å²) < 4.78 is 2.62. The number of aliphatic hydroxyl groups is 1. The maximum Gasteiger partial charge on any atom is 0.123 e. The van der Waals surface area contributed by atoms with E-state index in [1.54, 1.807) is 12.4 Å². The van der Waals surface area contributed by atoms with Crippen molar-refractivity contribution in [2.75, 3.05) is 0 Å². The number of aryl methyl sites for hydroxylation is 1. The van der Waals surface area contributed by atoms with Crippen LogP contribution >= 0.6 is 15.9 Å². The number of halogens is 1. The molecule has 0 fully saturated rings. The molecule has 2 aromatic heterocycles. The fraction of sp³-hybridized carbons (Fsp3) is 0.385. The van der Waals surface area contributed by atoms with Crippen LogP contribution in [0.3, 0.4) is 0 Å². The number of nitrogens with zero attached hydrogens (tertiary/aromatic N) is 3. The van der Waals surface area contributed by atoms with Crippen LogP contribution in [0.15, 0.2) is 29.0 Å². The second-order valence-electron chi connectivity index (χ2n) is 4.55. The van der Waals surface area contributed by atoms with Gasteiger partial charge in [-0.15, -0.1) is 0 Å². The number of hydrogen-bond donors (Lipinski definition) is 1. The molecule has 96 valence electrons. The molecule has 0 saturated carbocycles. The van der Waals surface area contributed by atoms with Crippen LogP contribution in [-0.4, -0.2) is 19.9 Å². The molecule has 2 rings (SSSR count). The van der Waals surface area contributed by atoms with Gasteiger partial charge in [0.25, 0.3) is 0 Å². The zero-order chi connectivity index (χ0) is 13.3. The van der Waals surface area contributed by atoms with Gasteiger partial charge in [-0.1, -0.05) is 6.07 Å². The molecular weight excluding hydrogens is 294 g/mol. The first-order valence-electron chi connectivity index (χ1n) is 5.84. The predicted molar refractivity (Wildman–Crippen MR) is 73.3 cm³/mol. The Kier molecular flexibility index (Phi) is 3.82. The zero-order valence-electron chi connectivity index (χ0n) is 10.6. The van der Waals surface area contributed by atoms with Crippen LogP contribution in [0.1, 0.15) is 42.9 Å². The van der Waals surface area contributed by atoms with E-state index in [9.17, 15) is 5.11 Å². The summed E-state index contributed by atoms with van der Waals surface area (Å²) in [4.78, 5) is 4.21. The Labute approximate surface area is 115 Å². The molecule has 0 aliphatic heterocycles. The van der Waals surface area contributed by atoms with E-state index >= 15 is 0 Å². The average molecular weight is 310 g/mol. The first kappa shape index (κ1) is 13.2. The molecule has 0 spiro atoms. The summed E-state index contributed by atoms with van der Waals surface area (Å²) in [6.07, 6.45) is 2.68. The van der Waals surface area contributed by atoms with Gasteiger partial charge in [0.2, 0.25) is 0 Å². The van der Waals surface area contributed by atoms with Gasteiger partial charge < -0.3 is 5.11 Å². The van der Waals surface area contributed by atoms with Gasteiger partial charge in [0, 0.05) is 23.5 Å². The lowest BCUT2D eigenvalue weighted by molar-refractivity contribution is 0.204. The Hall–Kier alpha value is -1.20. The van der Waals surface area contributed by atoms with Crippen molar-refractivity contribution in [1.29, 1.82) is 0 Å². The van der Waals surface area contributed by atoms with Crippen molar-refractivity contribution < 1.29 is 5.11 Å². The molecule has 0 aromatic carbocycles. The second-order valence-corrected chi connectivity index (χ2v) is 5.41. The Morgan fingerprint density at radius 3 is 2.56 bits per heavy atom. The van der Waals surface area contributed by atoms with Gasteiger partial charge in [0.15, 0.2) is 0 Å². The topological polar surface area (TPSA) is 50.9 Å². The molecule has 1 N–H and O–H groups in total. The lowest BCUT2D eigenvalue weighted by atomic mass is 10.1. The maximum atomic E-state index is 10.5. The van der Waals surface area contributed by atoms with E-state index in [-0.39, 0.29) is 6.04 Å². The molecule has 18 heavy (non-hydrogen) atoms. The van der Waals surface area contributed by atoms with Crippen LogP contribution in [0, 0.1) is 6.92 Å². The SMILES string of the molecule is Cc1ccc(C(O)c2c(Br)cnn2C(C)C)cn1. The van der Waals surface area contributed by atoms with Crippen LogP contribution in [0.5, 0.6) is 0 Å². The van der Waals surface area contributed by atoms with Crippen LogP contribution in [-0.2, 0) is 0 Å². The van der Waals surface area contributed by atoms with Crippen molar-refractivity contribution in [3.05, 3.63) is 46.0 Å². The molecule has 0 aliphatic carbocycles. The number of aliphatic hydroxyl groups excluding tert-OH is 1. The van der Waals surface area contributed by atoms with Crippen molar-refractivity contribution in [2.24, 2.45) is 0 Å². The van der Waals surface area contributed by atoms with Gasteiger partial charge in [-0.05, 0) is 42.8 Å². The molecule has 0 bridgehead atoms. The molecular formula is C13H16BrN3O. The lowest BCUT2D eigenvalue weighted by Crippen LogP contribution is -2.12. The van der Waals surface area contributed by atoms with E-state index < -0.39 is 6.10 Å². The van der Waals surface area contributed by atoms with Crippen molar-refractivity contribution in [3.63, 3.8) is 0 Å². The predicted octanol–water partition coefficient (Wildman–Crippen LogP) is 3.01. The summed E-state index contributed by atoms with van der Waals surface area (Å²) >= 11 is 3.43. The lowest BCUT2D eigenvalue weighted by Gasteiger charge is -2.16. The summed E-state index contributed by atoms with van der Waals surface area (Å²) in [7, 11) is 0. The van der Waals surface area contributed by atoms with Crippen molar-refractivity contribution in [3.8, 4) is 0 Å². The minimum Gasteiger partial charge on any atom is -0.382 e. The number of rotatable bonds is 3. The fourth-order valence-electron chi connectivity index (χ4n) is 1.82. The summed E-state index contributed by atoms with van der Waals surface area (Å²) in [6, 6.07) is 3.97. The first-order chi connectivity index (χ1) is 8.50. The summed E-state index contributed by atoms with van der Waals surface area (Å²) in [5.41, 5.74) is 2.46. The third-order valence-electron chi connectivity index (χ3n) is 2.79. The molecule has 0 radical (unpaired) electrons. The monoisotopic (exact) mass is 309 g/mol. The fourth-order valence-corrected chi connectivity index (χ4v) is 2.31. The molecule has 5 heteroatoms. The molecule has 2 aromatic rings. The van der Waals surface area contributed by atoms with Gasteiger partial charge in [0.1, 0.15) is 6.10 Å². The van der Waals surface area contributed by atoms with E-state index in [2.05, 4.69) is 26.0 Å². The highest BCUT2D eigenvalue weighted by Crippen LogP contribution is 2.29. The average Bonchev–Trinajstić information content (AvgIpc) is 2.71. The second kappa shape index (κ2) is 5.20. The Morgan fingerprint density at radius 2 is 2.00 bits per heavy atom. The maximum absolute atomic E-state index is 10.5. The van der Waals surface area contributed by atoms with Gasteiger partial charge in [-0.3, -0.25) is 9.67 Å². The molecule has 4 nitrogen and oxygen atoms in total. The van der Waals surface area contributed by atoms with E-state index in [0.717, 1.165) is 21.4 Å². The number of pyridine rings is 1. The van der Waals surface area contributed by atoms with Crippen LogP contribution in [0.2, 0.25) is 0 Å². The summed E-state index contributed by atoms with van der Waals surface area (Å²) in [6.45, 7) is 5.98. The van der Waals surface area contributed by atoms with Crippen molar-refractivity contribution >= 4 is 15.9 Å². The Bertz CT molecular complexity index is 534. The summed E-state index contributed by atoms with van der Waals surface area (Å²) in [5.74, 6) is 0. The van der Waals surface area contributed by atoms with E-state index in [1.807, 2.05) is 37.6 Å². The number of hydrogen-bond acceptors (Lipinski definition) is 3. The molecule has 0 aliphatic rings. The van der Waals surface area contributed by atoms with Gasteiger partial charge in [0.05, 0.1) is 16.4 Å². The zero-order valence-corrected chi connectivity index (χ0v) is 12.2. The van der Waals surface area contributed by atoms with Crippen LogP contribution in [0.25, 0.3) is 0 Å². The first-order valence-corrected chi connectivity index (χ1v) is 6.63. The molecule has 0 amide bonds. The minimum absolute atomic E-state index is 0.194. The van der Waals surface area contributed by atoms with Crippen molar-refractivity contribution in [1.82, 2.24) is 14.8 Å². The highest BCUT2D eigenvalue weighted by atomic mass is 79.9. The van der Waals surface area contributed by atoms with Crippen molar-refractivity contribution in [2.45, 2.75) is 32.9 Å². The third kappa shape index (κ3) is 2.47. The normalized spacial score (nSPS) is 13.0. The molecule has 1 unspecified atom stereocenters. The standard InChI is InChI=1S/C13H16BrN3O/c1-8(2)17-12(11(14)7-16-17)13(18)10-5-4-9(3)15-6-10/h4-8,13,18H,1-3H3. The van der Waals surface area contributed by atoms with Crippen LogP contribution in [0.4, 0.5) is 0 Å². The number of aromatic nitrogens is 3. The van der Waals surface area contributed by atoms with Crippen LogP contribution < -0.4 is 0 Å². The quantitative estimate of drug-likeness (QED) is 0.948. The third-order valence-corrected chi connectivity index (χ3v) is 3.40. The molecule has 1 atom stereocenters. The molecule has 0 saturated heterocycles. The highest BCUT2D eigenvalue weighted by Gasteiger charge is 2.21. The Balaban J connectivity index is 2.42. The minimum atomic E-state index is -0.725. The van der Waals surface area contributed by atoms with E-state index in [1.165, 1.54) is 0 Å². The highest BCUT2D eigenvalue weighted by molar-refractivity contribution is 9.10. The van der Waals surface area contributed by atoms with Gasteiger partial charge >= 0.3 is 0 Å². The van der Waals surface area contributed by atoms with Gasteiger partial charge in [-0.25, -0.2) is 0 Å². The summed E-state index contributed by atoms with van der Waals surface area (Å²) in [5, 5.41) is 14.7. The van der Waals surface area contributed by atoms with E-state index in [0.29, 0.717) is 0 Å². The smallest absolute Gasteiger partial charge is 0.123 e. The Morgan fingerprint density at radius 1 is 1.28 bits per heavy atom. The van der Waals surface area contributed by atoms with Gasteiger partial charge in [-0.2, -0.15) is 5.10 Å². The van der Waals surface area contributed by atoms with E-state index in [4.69, 9.17) is 0 Å². The molecule has 2 heterocycles.